The van der Waals surface area contributed by atoms with Gasteiger partial charge in [-0.25, -0.2) is 8.42 Å². The number of nitrogens with two attached hydrogens (primary N) is 1. The Bertz CT molecular complexity index is 696. The lowest BCUT2D eigenvalue weighted by molar-refractivity contribution is 0.326. The first-order valence-electron chi connectivity index (χ1n) is 7.10. The molecule has 0 amide bonds. The summed E-state index contributed by atoms with van der Waals surface area (Å²) in [6, 6.07) is 10.1. The van der Waals surface area contributed by atoms with E-state index in [1.165, 1.54) is 0 Å². The van der Waals surface area contributed by atoms with Crippen LogP contribution in [-0.2, 0) is 9.84 Å². The molecule has 0 spiro atoms. The van der Waals surface area contributed by atoms with E-state index in [0.29, 0.717) is 18.5 Å². The number of aromatic nitrogens is 2. The number of nitrogen functional groups attached to an aromatic ring is 1. The third-order valence-electron chi connectivity index (χ3n) is 4.09. The lowest BCUT2D eigenvalue weighted by Gasteiger charge is -2.30. The fourth-order valence-electron chi connectivity index (χ4n) is 3.02. The third-order valence-corrected chi connectivity index (χ3v) is 5.81. The normalized spacial score (nSPS) is 20.2. The molecule has 0 aliphatic carbocycles. The lowest BCUT2D eigenvalue weighted by Crippen LogP contribution is -2.30. The zero-order valence-electron chi connectivity index (χ0n) is 11.7. The monoisotopic (exact) mass is 305 g/mol. The van der Waals surface area contributed by atoms with Crippen LogP contribution in [0.25, 0.3) is 0 Å². The Balaban J connectivity index is 1.94. The number of rotatable bonds is 3. The van der Waals surface area contributed by atoms with Gasteiger partial charge in [-0.1, -0.05) is 30.3 Å². The molecule has 3 rings (SSSR count). The Kier molecular flexibility index (Phi) is 3.71. The molecule has 5 nitrogen and oxygen atoms in total. The van der Waals surface area contributed by atoms with Crippen LogP contribution < -0.4 is 5.73 Å². The first-order valence-corrected chi connectivity index (χ1v) is 8.92. The van der Waals surface area contributed by atoms with Crippen LogP contribution in [-0.4, -0.2) is 29.7 Å². The van der Waals surface area contributed by atoms with Crippen LogP contribution in [0.3, 0.4) is 0 Å². The van der Waals surface area contributed by atoms with E-state index in [1.807, 2.05) is 29.1 Å². The highest BCUT2D eigenvalue weighted by atomic mass is 32.2. The van der Waals surface area contributed by atoms with Crippen molar-refractivity contribution < 1.29 is 8.42 Å². The number of sulfone groups is 1. The molecule has 1 aromatic heterocycles. The summed E-state index contributed by atoms with van der Waals surface area (Å²) in [5.41, 5.74) is 7.56. The smallest absolute Gasteiger partial charge is 0.150 e. The molecule has 1 aliphatic rings. The Morgan fingerprint density at radius 1 is 1.19 bits per heavy atom. The molecule has 2 heterocycles. The van der Waals surface area contributed by atoms with Gasteiger partial charge >= 0.3 is 0 Å². The summed E-state index contributed by atoms with van der Waals surface area (Å²) < 4.78 is 25.2. The number of benzene rings is 1. The van der Waals surface area contributed by atoms with Crippen LogP contribution in [0.4, 0.5) is 5.69 Å². The maximum Gasteiger partial charge on any atom is 0.150 e. The molecule has 1 fully saturated rings. The van der Waals surface area contributed by atoms with Crippen molar-refractivity contribution >= 4 is 15.5 Å². The van der Waals surface area contributed by atoms with Gasteiger partial charge in [0.1, 0.15) is 9.84 Å². The van der Waals surface area contributed by atoms with Crippen molar-refractivity contribution in [3.05, 3.63) is 48.3 Å². The molecule has 1 atom stereocenters. The second kappa shape index (κ2) is 5.52. The van der Waals surface area contributed by atoms with Crippen molar-refractivity contribution in [2.75, 3.05) is 17.2 Å². The Hall–Kier alpha value is -1.82. The molecule has 112 valence electrons. The number of nitrogens with zero attached hydrogens (tertiary/aromatic N) is 2. The van der Waals surface area contributed by atoms with Crippen molar-refractivity contribution in [1.29, 1.82) is 0 Å². The summed E-state index contributed by atoms with van der Waals surface area (Å²) in [7, 11) is -2.86. The molecule has 0 saturated carbocycles. The van der Waals surface area contributed by atoms with Crippen LogP contribution in [0.1, 0.15) is 24.4 Å². The molecule has 1 saturated heterocycles. The summed E-state index contributed by atoms with van der Waals surface area (Å²) in [5, 5.41) is 4.35. The van der Waals surface area contributed by atoms with Crippen molar-refractivity contribution in [3.8, 4) is 0 Å². The van der Waals surface area contributed by atoms with Crippen LogP contribution in [0.2, 0.25) is 0 Å². The number of hydrogen-bond acceptors (Lipinski definition) is 4. The van der Waals surface area contributed by atoms with Crippen LogP contribution in [0.15, 0.2) is 42.7 Å². The third kappa shape index (κ3) is 3.10. The second-order valence-corrected chi connectivity index (χ2v) is 7.90. The summed E-state index contributed by atoms with van der Waals surface area (Å²) in [6.45, 7) is 0. The Morgan fingerprint density at radius 2 is 1.86 bits per heavy atom. The van der Waals surface area contributed by atoms with Gasteiger partial charge in [0.05, 0.1) is 29.4 Å². The zero-order chi connectivity index (χ0) is 14.9. The predicted molar refractivity (Wildman–Crippen MR) is 82.6 cm³/mol. The van der Waals surface area contributed by atoms with E-state index in [2.05, 4.69) is 17.2 Å². The highest BCUT2D eigenvalue weighted by Crippen LogP contribution is 2.34. The molecule has 0 bridgehead atoms. The van der Waals surface area contributed by atoms with E-state index >= 15 is 0 Å². The molecule has 6 heteroatoms. The van der Waals surface area contributed by atoms with Gasteiger partial charge in [0.15, 0.2) is 0 Å². The van der Waals surface area contributed by atoms with Gasteiger partial charge in [0, 0.05) is 6.20 Å². The van der Waals surface area contributed by atoms with Crippen molar-refractivity contribution in [3.63, 3.8) is 0 Å². The average Bonchev–Trinajstić information content (AvgIpc) is 2.88. The summed E-state index contributed by atoms with van der Waals surface area (Å²) >= 11 is 0. The van der Waals surface area contributed by atoms with Crippen molar-refractivity contribution in [2.45, 2.75) is 18.9 Å². The minimum Gasteiger partial charge on any atom is -0.396 e. The summed E-state index contributed by atoms with van der Waals surface area (Å²) in [5.74, 6) is 0.783. The van der Waals surface area contributed by atoms with Crippen molar-refractivity contribution in [1.82, 2.24) is 9.78 Å². The summed E-state index contributed by atoms with van der Waals surface area (Å²) in [6.07, 6.45) is 4.79. The topological polar surface area (TPSA) is 78.0 Å². The van der Waals surface area contributed by atoms with E-state index in [4.69, 9.17) is 5.73 Å². The molecule has 2 N–H and O–H groups in total. The predicted octanol–water partition coefficient (Wildman–Crippen LogP) is 1.88. The molecule has 0 radical (unpaired) electrons. The van der Waals surface area contributed by atoms with E-state index in [-0.39, 0.29) is 23.5 Å². The van der Waals surface area contributed by atoms with E-state index < -0.39 is 9.84 Å². The van der Waals surface area contributed by atoms with Crippen LogP contribution in [0.5, 0.6) is 0 Å². The van der Waals surface area contributed by atoms with Crippen LogP contribution >= 0.6 is 0 Å². The van der Waals surface area contributed by atoms with Crippen molar-refractivity contribution in [2.24, 2.45) is 5.92 Å². The van der Waals surface area contributed by atoms with Gasteiger partial charge in [-0.3, -0.25) is 4.68 Å². The highest BCUT2D eigenvalue weighted by molar-refractivity contribution is 7.91. The minimum absolute atomic E-state index is 0.0407. The highest BCUT2D eigenvalue weighted by Gasteiger charge is 2.31. The van der Waals surface area contributed by atoms with E-state index in [1.54, 1.807) is 6.20 Å². The van der Waals surface area contributed by atoms with Gasteiger partial charge in [-0.2, -0.15) is 5.10 Å². The molecule has 21 heavy (non-hydrogen) atoms. The molecular weight excluding hydrogens is 286 g/mol. The minimum atomic E-state index is -2.86. The Morgan fingerprint density at radius 3 is 2.43 bits per heavy atom. The molecule has 1 aromatic carbocycles. The fourth-order valence-corrected chi connectivity index (χ4v) is 4.55. The van der Waals surface area contributed by atoms with Gasteiger partial charge in [0.2, 0.25) is 0 Å². The first kappa shape index (κ1) is 14.1. The van der Waals surface area contributed by atoms with E-state index in [0.717, 1.165) is 5.56 Å². The van der Waals surface area contributed by atoms with E-state index in [9.17, 15) is 8.42 Å². The lowest BCUT2D eigenvalue weighted by atomic mass is 9.88. The Labute approximate surface area is 124 Å². The van der Waals surface area contributed by atoms with Gasteiger partial charge in [0.25, 0.3) is 0 Å². The maximum absolute atomic E-state index is 11.7. The quantitative estimate of drug-likeness (QED) is 0.939. The molecule has 2 aromatic rings. The van der Waals surface area contributed by atoms with Gasteiger partial charge < -0.3 is 5.73 Å². The largest absolute Gasteiger partial charge is 0.396 e. The van der Waals surface area contributed by atoms with Gasteiger partial charge in [-0.05, 0) is 24.3 Å². The van der Waals surface area contributed by atoms with Crippen LogP contribution in [0, 0.1) is 5.92 Å². The van der Waals surface area contributed by atoms with Gasteiger partial charge in [-0.15, -0.1) is 0 Å². The second-order valence-electron chi connectivity index (χ2n) is 5.60. The fraction of sp³-hybridized carbons (Fsp3) is 0.400. The average molecular weight is 305 g/mol. The molecule has 0 unspecified atom stereocenters. The first-order chi connectivity index (χ1) is 10.1. The molecule has 1 aliphatic heterocycles. The zero-order valence-corrected chi connectivity index (χ0v) is 12.5. The standard InChI is InChI=1S/C15H19N3O2S/c16-14-10-17-18(11-14)15(12-4-2-1-3-5-12)13-6-8-21(19,20)9-7-13/h1-5,10-11,13,15H,6-9,16H2/t15-/m0/s1. The number of hydrogen-bond donors (Lipinski definition) is 1. The summed E-state index contributed by atoms with van der Waals surface area (Å²) in [4.78, 5) is 0. The SMILES string of the molecule is Nc1cnn([C@@H](c2ccccc2)C2CCS(=O)(=O)CC2)c1. The molecular formula is C15H19N3O2S. The number of anilines is 1. The maximum atomic E-state index is 11.7.